The van der Waals surface area contributed by atoms with E-state index in [2.05, 4.69) is 10.1 Å². The van der Waals surface area contributed by atoms with E-state index in [-0.39, 0.29) is 11.4 Å². The van der Waals surface area contributed by atoms with Crippen molar-refractivity contribution in [3.05, 3.63) is 101 Å². The summed E-state index contributed by atoms with van der Waals surface area (Å²) in [4.78, 5) is 16.9. The number of para-hydroxylation sites is 1. The topological polar surface area (TPSA) is 87.3 Å². The molecule has 174 valence electrons. The smallest absolute Gasteiger partial charge is 0.283 e. The van der Waals surface area contributed by atoms with Crippen LogP contribution in [0.25, 0.3) is 6.08 Å². The highest BCUT2D eigenvalue weighted by molar-refractivity contribution is 8.27. The maximum atomic E-state index is 12.7. The lowest BCUT2D eigenvalue weighted by Gasteiger charge is -2.20. The number of amides is 1. The van der Waals surface area contributed by atoms with Gasteiger partial charge in [0.1, 0.15) is 29.8 Å². The molecule has 0 radical (unpaired) electrons. The van der Waals surface area contributed by atoms with Gasteiger partial charge in [-0.1, -0.05) is 60.7 Å². The van der Waals surface area contributed by atoms with Crippen molar-refractivity contribution in [3.8, 4) is 11.5 Å². The molecule has 0 bridgehead atoms. The third kappa shape index (κ3) is 5.02. The molecule has 3 aromatic carbocycles. The van der Waals surface area contributed by atoms with Crippen LogP contribution in [0.1, 0.15) is 16.7 Å². The Morgan fingerprint density at radius 3 is 2.57 bits per heavy atom. The molecule has 0 fully saturated rings. The van der Waals surface area contributed by atoms with E-state index in [1.54, 1.807) is 6.08 Å². The maximum Gasteiger partial charge on any atom is 0.283 e. The molecule has 0 aliphatic carbocycles. The summed E-state index contributed by atoms with van der Waals surface area (Å²) >= 11 is 1.28. The minimum absolute atomic E-state index is 0.00335. The molecule has 2 heterocycles. The minimum Gasteiger partial charge on any atom is -0.490 e. The van der Waals surface area contributed by atoms with Gasteiger partial charge in [-0.15, -0.1) is 0 Å². The Morgan fingerprint density at radius 1 is 0.971 bits per heavy atom. The number of hydrogen-bond donors (Lipinski definition) is 1. The van der Waals surface area contributed by atoms with E-state index in [9.17, 15) is 4.79 Å². The number of ether oxygens (including phenoxy) is 2. The van der Waals surface area contributed by atoms with E-state index >= 15 is 0 Å². The van der Waals surface area contributed by atoms with E-state index in [4.69, 9.17) is 14.9 Å². The molecule has 0 spiro atoms. The Bertz CT molecular complexity index is 1380. The second kappa shape index (κ2) is 9.99. The predicted molar refractivity (Wildman–Crippen MR) is 139 cm³/mol. The van der Waals surface area contributed by atoms with Gasteiger partial charge >= 0.3 is 0 Å². The molecule has 35 heavy (non-hydrogen) atoms. The van der Waals surface area contributed by atoms with Gasteiger partial charge in [-0.05, 0) is 54.1 Å². The summed E-state index contributed by atoms with van der Waals surface area (Å²) in [7, 11) is 0. The average Bonchev–Trinajstić information content (AvgIpc) is 3.30. The number of fused-ring (bicyclic) bond motifs is 1. The van der Waals surface area contributed by atoms with Gasteiger partial charge < -0.3 is 9.47 Å². The van der Waals surface area contributed by atoms with Crippen molar-refractivity contribution in [1.82, 2.24) is 5.01 Å². The second-order valence-corrected chi connectivity index (χ2v) is 8.78. The first kappa shape index (κ1) is 22.6. The van der Waals surface area contributed by atoms with Gasteiger partial charge in [0, 0.05) is 5.56 Å². The van der Waals surface area contributed by atoms with Gasteiger partial charge in [-0.25, -0.2) is 0 Å². The third-order valence-electron chi connectivity index (χ3n) is 5.35. The molecule has 7 nitrogen and oxygen atoms in total. The van der Waals surface area contributed by atoms with Crippen molar-refractivity contribution in [2.24, 2.45) is 10.1 Å². The Balaban J connectivity index is 1.27. The molecule has 2 aliphatic heterocycles. The Kier molecular flexibility index (Phi) is 6.45. The normalized spacial score (nSPS) is 16.1. The summed E-state index contributed by atoms with van der Waals surface area (Å²) < 4.78 is 11.6. The highest BCUT2D eigenvalue weighted by Crippen LogP contribution is 2.31. The summed E-state index contributed by atoms with van der Waals surface area (Å²) in [6.45, 7) is 2.78. The zero-order chi connectivity index (χ0) is 24.2. The van der Waals surface area contributed by atoms with Crippen LogP contribution in [0.3, 0.4) is 0 Å². The number of hydrazone groups is 1. The van der Waals surface area contributed by atoms with Gasteiger partial charge in [0.05, 0.1) is 5.57 Å². The van der Waals surface area contributed by atoms with Crippen LogP contribution in [0, 0.1) is 12.3 Å². The van der Waals surface area contributed by atoms with Crippen molar-refractivity contribution >= 4 is 39.8 Å². The van der Waals surface area contributed by atoms with Gasteiger partial charge in [-0.2, -0.15) is 15.1 Å². The molecule has 3 aromatic rings. The first-order valence-electron chi connectivity index (χ1n) is 11.1. The quantitative estimate of drug-likeness (QED) is 0.373. The number of benzene rings is 3. The van der Waals surface area contributed by atoms with Crippen LogP contribution >= 0.6 is 11.8 Å². The minimum atomic E-state index is -0.462. The number of amidine groups is 2. The fourth-order valence-electron chi connectivity index (χ4n) is 3.58. The van der Waals surface area contributed by atoms with Crippen molar-refractivity contribution in [2.45, 2.75) is 6.92 Å². The van der Waals surface area contributed by atoms with Crippen LogP contribution in [0.4, 0.5) is 0 Å². The van der Waals surface area contributed by atoms with E-state index in [1.807, 2.05) is 85.8 Å². The van der Waals surface area contributed by atoms with E-state index in [0.717, 1.165) is 22.4 Å². The molecular formula is C27H22N4O3S. The molecule has 2 aliphatic rings. The van der Waals surface area contributed by atoms with Crippen LogP contribution in [0.15, 0.2) is 94.5 Å². The first-order chi connectivity index (χ1) is 17.1. The molecule has 8 heteroatoms. The van der Waals surface area contributed by atoms with Crippen LogP contribution in [-0.2, 0) is 4.79 Å². The highest BCUT2D eigenvalue weighted by Gasteiger charge is 2.35. The summed E-state index contributed by atoms with van der Waals surface area (Å²) in [5.41, 5.74) is 2.89. The molecule has 5 rings (SSSR count). The lowest BCUT2D eigenvalue weighted by molar-refractivity contribution is -0.114. The van der Waals surface area contributed by atoms with E-state index in [1.165, 1.54) is 16.8 Å². The molecule has 1 N–H and O–H groups in total. The molecule has 0 saturated carbocycles. The molecular weight excluding hydrogens is 460 g/mol. The van der Waals surface area contributed by atoms with Crippen LogP contribution in [0.5, 0.6) is 11.5 Å². The number of aryl methyl sites for hydroxylation is 1. The van der Waals surface area contributed by atoms with Gasteiger partial charge in [0.2, 0.25) is 5.17 Å². The molecule has 0 unspecified atom stereocenters. The lowest BCUT2D eigenvalue weighted by atomic mass is 10.1. The van der Waals surface area contributed by atoms with Crippen molar-refractivity contribution in [3.63, 3.8) is 0 Å². The first-order valence-corrected chi connectivity index (χ1v) is 11.9. The average molecular weight is 483 g/mol. The zero-order valence-electron chi connectivity index (χ0n) is 19.0. The van der Waals surface area contributed by atoms with Gasteiger partial charge in [-0.3, -0.25) is 10.2 Å². The number of carbonyl (C=O) groups excluding carboxylic acids is 1. The van der Waals surface area contributed by atoms with Crippen LogP contribution < -0.4 is 9.47 Å². The third-order valence-corrected chi connectivity index (χ3v) is 6.31. The zero-order valence-corrected chi connectivity index (χ0v) is 19.8. The van der Waals surface area contributed by atoms with Crippen LogP contribution in [-0.4, -0.2) is 40.2 Å². The summed E-state index contributed by atoms with van der Waals surface area (Å²) in [5, 5.41) is 15.6. The van der Waals surface area contributed by atoms with Crippen molar-refractivity contribution < 1.29 is 14.3 Å². The monoisotopic (exact) mass is 482 g/mol. The Labute approximate surface area is 207 Å². The standard InChI is InChI=1S/C27H22N4O3S/c1-18-8-5-6-13-23(18)34-15-14-33-21-12-7-9-19(16-21)17-22-24(28)31-27(29-25(22)32)35-26(30-31)20-10-3-2-4-11-20/h2-13,16-17,28H,14-15H2,1H3. The molecule has 0 saturated heterocycles. The fraction of sp³-hybridized carbons (Fsp3) is 0.111. The molecule has 0 atom stereocenters. The Morgan fingerprint density at radius 2 is 1.74 bits per heavy atom. The largest absolute Gasteiger partial charge is 0.490 e. The predicted octanol–water partition coefficient (Wildman–Crippen LogP) is 5.12. The van der Waals surface area contributed by atoms with Crippen molar-refractivity contribution in [2.75, 3.05) is 13.2 Å². The Hall–Kier alpha value is -4.17. The SMILES string of the molecule is Cc1ccccc1OCCOc1cccc(C=C2C(=N)N3N=C(c4ccccc4)SC3=NC2=O)c1. The second-order valence-electron chi connectivity index (χ2n) is 7.83. The maximum absolute atomic E-state index is 12.7. The summed E-state index contributed by atoms with van der Waals surface area (Å²) in [6, 6.07) is 24.8. The molecule has 1 amide bonds. The number of hydrogen-bond acceptors (Lipinski definition) is 6. The summed E-state index contributed by atoms with van der Waals surface area (Å²) in [6.07, 6.45) is 1.64. The number of nitrogens with zero attached hydrogens (tertiary/aromatic N) is 3. The van der Waals surface area contributed by atoms with E-state index in [0.29, 0.717) is 29.2 Å². The van der Waals surface area contributed by atoms with Crippen LogP contribution in [0.2, 0.25) is 0 Å². The number of aliphatic imine (C=N–C) groups is 1. The fourth-order valence-corrected chi connectivity index (χ4v) is 4.48. The number of thioether (sulfide) groups is 1. The number of nitrogens with one attached hydrogen (secondary N) is 1. The van der Waals surface area contributed by atoms with Gasteiger partial charge in [0.15, 0.2) is 5.84 Å². The van der Waals surface area contributed by atoms with Crippen molar-refractivity contribution in [1.29, 1.82) is 5.41 Å². The molecule has 0 aromatic heterocycles. The number of rotatable bonds is 7. The van der Waals surface area contributed by atoms with Gasteiger partial charge in [0.25, 0.3) is 5.91 Å². The number of carbonyl (C=O) groups is 1. The summed E-state index contributed by atoms with van der Waals surface area (Å²) in [5.74, 6) is 1.02. The highest BCUT2D eigenvalue weighted by atomic mass is 32.2. The van der Waals surface area contributed by atoms with E-state index < -0.39 is 5.91 Å². The lowest BCUT2D eigenvalue weighted by Crippen LogP contribution is -2.35.